The van der Waals surface area contributed by atoms with E-state index in [1.165, 1.54) is 24.0 Å². The van der Waals surface area contributed by atoms with Crippen LogP contribution in [-0.2, 0) is 20.7 Å². The zero-order valence-corrected chi connectivity index (χ0v) is 16.1. The summed E-state index contributed by atoms with van der Waals surface area (Å²) in [7, 11) is 0. The van der Waals surface area contributed by atoms with Crippen LogP contribution in [0.4, 0.5) is 14.5 Å². The zero-order valence-electron chi connectivity index (χ0n) is 16.1. The van der Waals surface area contributed by atoms with Crippen molar-refractivity contribution in [3.8, 4) is 0 Å². The number of nitrogens with one attached hydrogen (secondary N) is 1. The van der Waals surface area contributed by atoms with Gasteiger partial charge in [0.05, 0.1) is 17.9 Å². The average molecular weight is 408 g/mol. The molecule has 2 amide bonds. The molecule has 3 unspecified atom stereocenters. The highest BCUT2D eigenvalue weighted by molar-refractivity contribution is 6.08. The van der Waals surface area contributed by atoms with Gasteiger partial charge in [-0.15, -0.1) is 0 Å². The Hall–Kier alpha value is -3.48. The lowest BCUT2D eigenvalue weighted by molar-refractivity contribution is -0.116. The maximum atomic E-state index is 14.3. The number of hydrogen-bond donors (Lipinski definition) is 1. The van der Waals surface area contributed by atoms with Crippen LogP contribution in [-0.4, -0.2) is 18.0 Å². The first-order valence-corrected chi connectivity index (χ1v) is 9.66. The van der Waals surface area contributed by atoms with Gasteiger partial charge in [-0.05, 0) is 42.7 Å². The first-order chi connectivity index (χ1) is 14.5. The number of amides is 2. The first kappa shape index (κ1) is 18.5. The standard InChI is InChI=1S/C23H18F2N2O3/c1-12-9-19(27(23(12)29)21-17(24)7-4-8-18(21)25)30-11-16-15-10-13-5-2-3-6-14(13)20(15)26-22(16)28/h2-9,11,15,19-20H,10H2,1H3,(H,26,28). The molecular weight excluding hydrogens is 390 g/mol. The van der Waals surface area contributed by atoms with Gasteiger partial charge in [-0.3, -0.25) is 14.5 Å². The number of rotatable bonds is 3. The summed E-state index contributed by atoms with van der Waals surface area (Å²) in [5, 5.41) is 2.97. The van der Waals surface area contributed by atoms with Crippen LogP contribution in [0.2, 0.25) is 0 Å². The Morgan fingerprint density at radius 1 is 1.10 bits per heavy atom. The van der Waals surface area contributed by atoms with Crippen LogP contribution in [0.15, 0.2) is 65.9 Å². The number of halogens is 2. The molecular formula is C23H18F2N2O3. The Balaban J connectivity index is 1.44. The van der Waals surface area contributed by atoms with Crippen molar-refractivity contribution >= 4 is 17.5 Å². The van der Waals surface area contributed by atoms with Gasteiger partial charge in [-0.2, -0.15) is 0 Å². The third kappa shape index (κ3) is 2.73. The molecule has 0 spiro atoms. The monoisotopic (exact) mass is 408 g/mol. The molecule has 2 aliphatic heterocycles. The minimum atomic E-state index is -1.05. The maximum Gasteiger partial charge on any atom is 0.257 e. The number of ether oxygens (including phenoxy) is 1. The molecule has 0 bridgehead atoms. The normalized spacial score (nSPS) is 26.0. The van der Waals surface area contributed by atoms with Crippen molar-refractivity contribution < 1.29 is 23.1 Å². The van der Waals surface area contributed by atoms with Crippen molar-refractivity contribution in [2.45, 2.75) is 25.6 Å². The molecule has 2 aromatic carbocycles. The van der Waals surface area contributed by atoms with Gasteiger partial charge in [0.1, 0.15) is 17.3 Å². The summed E-state index contributed by atoms with van der Waals surface area (Å²) in [6.07, 6.45) is 2.45. The summed E-state index contributed by atoms with van der Waals surface area (Å²) < 4.78 is 34.4. The molecule has 3 atom stereocenters. The smallest absolute Gasteiger partial charge is 0.257 e. The molecule has 0 aromatic heterocycles. The van der Waals surface area contributed by atoms with Crippen LogP contribution in [0.25, 0.3) is 0 Å². The molecule has 30 heavy (non-hydrogen) atoms. The molecule has 1 N–H and O–H groups in total. The highest BCUT2D eigenvalue weighted by atomic mass is 19.1. The number of carbonyl (C=O) groups excluding carboxylic acids is 2. The second kappa shape index (κ2) is 6.79. The maximum absolute atomic E-state index is 14.3. The van der Waals surface area contributed by atoms with Gasteiger partial charge in [0.2, 0.25) is 0 Å². The van der Waals surface area contributed by atoms with Crippen LogP contribution in [0, 0.1) is 17.6 Å². The Morgan fingerprint density at radius 2 is 1.83 bits per heavy atom. The molecule has 1 saturated heterocycles. The fourth-order valence-corrected chi connectivity index (χ4v) is 4.45. The van der Waals surface area contributed by atoms with Crippen molar-refractivity contribution in [1.82, 2.24) is 5.32 Å². The molecule has 5 rings (SSSR count). The van der Waals surface area contributed by atoms with Gasteiger partial charge >= 0.3 is 0 Å². The lowest BCUT2D eigenvalue weighted by Gasteiger charge is -2.25. The van der Waals surface area contributed by atoms with E-state index in [1.807, 2.05) is 24.3 Å². The fourth-order valence-electron chi connectivity index (χ4n) is 4.45. The number of fused-ring (bicyclic) bond motifs is 3. The van der Waals surface area contributed by atoms with Crippen LogP contribution < -0.4 is 10.2 Å². The summed E-state index contributed by atoms with van der Waals surface area (Å²) >= 11 is 0. The predicted octanol–water partition coefficient (Wildman–Crippen LogP) is 3.53. The van der Waals surface area contributed by atoms with E-state index in [-0.39, 0.29) is 17.9 Å². The van der Waals surface area contributed by atoms with E-state index in [2.05, 4.69) is 5.32 Å². The third-order valence-corrected chi connectivity index (χ3v) is 5.90. The van der Waals surface area contributed by atoms with Gasteiger partial charge in [-0.1, -0.05) is 30.3 Å². The van der Waals surface area contributed by atoms with E-state index in [0.29, 0.717) is 17.6 Å². The van der Waals surface area contributed by atoms with E-state index in [9.17, 15) is 18.4 Å². The number of para-hydroxylation sites is 1. The van der Waals surface area contributed by atoms with Gasteiger partial charge in [0, 0.05) is 11.5 Å². The largest absolute Gasteiger partial charge is 0.474 e. The highest BCUT2D eigenvalue weighted by Gasteiger charge is 2.44. The number of benzene rings is 2. The molecule has 0 saturated carbocycles. The van der Waals surface area contributed by atoms with E-state index in [0.717, 1.165) is 22.6 Å². The topological polar surface area (TPSA) is 58.6 Å². The van der Waals surface area contributed by atoms with Crippen molar-refractivity contribution in [2.75, 3.05) is 4.90 Å². The van der Waals surface area contributed by atoms with Gasteiger partial charge in [0.25, 0.3) is 11.8 Å². The molecule has 5 nitrogen and oxygen atoms in total. The molecule has 1 fully saturated rings. The molecule has 3 aliphatic rings. The van der Waals surface area contributed by atoms with E-state index < -0.39 is 29.5 Å². The Morgan fingerprint density at radius 3 is 2.60 bits per heavy atom. The van der Waals surface area contributed by atoms with Gasteiger partial charge < -0.3 is 10.1 Å². The number of hydrogen-bond acceptors (Lipinski definition) is 3. The second-order valence-electron chi connectivity index (χ2n) is 7.66. The fraction of sp³-hybridized carbons (Fsp3) is 0.217. The van der Waals surface area contributed by atoms with E-state index in [4.69, 9.17) is 4.74 Å². The Kier molecular flexibility index (Phi) is 4.20. The van der Waals surface area contributed by atoms with Crippen molar-refractivity contribution in [2.24, 2.45) is 5.92 Å². The van der Waals surface area contributed by atoms with Crippen LogP contribution >= 0.6 is 0 Å². The van der Waals surface area contributed by atoms with Crippen LogP contribution in [0.3, 0.4) is 0 Å². The number of carbonyl (C=O) groups is 2. The quantitative estimate of drug-likeness (QED) is 0.625. The number of anilines is 1. The van der Waals surface area contributed by atoms with Crippen molar-refractivity contribution in [3.63, 3.8) is 0 Å². The Bertz CT molecular complexity index is 1120. The summed E-state index contributed by atoms with van der Waals surface area (Å²) in [5.74, 6) is -2.61. The third-order valence-electron chi connectivity index (χ3n) is 5.90. The SMILES string of the molecule is CC1=CC(OC=C2C(=O)NC3c4ccccc4CC23)N(c2c(F)cccc2F)C1=O. The second-order valence-corrected chi connectivity index (χ2v) is 7.66. The summed E-state index contributed by atoms with van der Waals surface area (Å²) in [4.78, 5) is 26.0. The summed E-state index contributed by atoms with van der Waals surface area (Å²) in [6.45, 7) is 1.55. The minimum absolute atomic E-state index is 0.0873. The molecule has 2 aromatic rings. The molecule has 7 heteroatoms. The molecule has 1 aliphatic carbocycles. The van der Waals surface area contributed by atoms with Gasteiger partial charge in [-0.25, -0.2) is 8.78 Å². The lowest BCUT2D eigenvalue weighted by atomic mass is 9.97. The summed E-state index contributed by atoms with van der Waals surface area (Å²) in [5.41, 5.74) is 2.54. The zero-order chi connectivity index (χ0) is 21.0. The lowest BCUT2D eigenvalue weighted by Crippen LogP contribution is -2.37. The van der Waals surface area contributed by atoms with Crippen molar-refractivity contribution in [3.05, 3.63) is 88.7 Å². The first-order valence-electron chi connectivity index (χ1n) is 9.66. The minimum Gasteiger partial charge on any atom is -0.474 e. The number of nitrogens with zero attached hydrogens (tertiary/aromatic N) is 1. The average Bonchev–Trinajstić information content (AvgIpc) is 3.31. The highest BCUT2D eigenvalue weighted by Crippen LogP contribution is 2.44. The van der Waals surface area contributed by atoms with Crippen LogP contribution in [0.1, 0.15) is 24.1 Å². The molecule has 0 radical (unpaired) electrons. The predicted molar refractivity (Wildman–Crippen MR) is 105 cm³/mol. The molecule has 2 heterocycles. The summed E-state index contributed by atoms with van der Waals surface area (Å²) in [6, 6.07) is 11.2. The molecule has 152 valence electrons. The van der Waals surface area contributed by atoms with E-state index in [1.54, 1.807) is 6.92 Å². The van der Waals surface area contributed by atoms with Crippen LogP contribution in [0.5, 0.6) is 0 Å². The van der Waals surface area contributed by atoms with Gasteiger partial charge in [0.15, 0.2) is 6.23 Å². The van der Waals surface area contributed by atoms with E-state index >= 15 is 0 Å². The van der Waals surface area contributed by atoms with Crippen molar-refractivity contribution in [1.29, 1.82) is 0 Å². The Labute approximate surface area is 171 Å².